The van der Waals surface area contributed by atoms with Gasteiger partial charge in [0.1, 0.15) is 0 Å². The van der Waals surface area contributed by atoms with E-state index in [1.165, 1.54) is 17.1 Å². The van der Waals surface area contributed by atoms with E-state index in [1.54, 1.807) is 19.3 Å². The molecule has 114 valence electrons. The first-order valence-corrected chi connectivity index (χ1v) is 8.82. The van der Waals surface area contributed by atoms with E-state index in [0.29, 0.717) is 23.9 Å². The van der Waals surface area contributed by atoms with E-state index < -0.39 is 10.0 Å². The Hall–Kier alpha value is -0.850. The van der Waals surface area contributed by atoms with Crippen LogP contribution in [-0.4, -0.2) is 37.8 Å². The molecular weight excluding hydrogens is 274 g/mol. The Morgan fingerprint density at radius 2 is 2.10 bits per heavy atom. The van der Waals surface area contributed by atoms with E-state index in [2.05, 4.69) is 10.3 Å². The highest BCUT2D eigenvalue weighted by atomic mass is 32.2. The maximum absolute atomic E-state index is 12.5. The normalized spacial score (nSPS) is 17.1. The van der Waals surface area contributed by atoms with E-state index in [-0.39, 0.29) is 0 Å². The second kappa shape index (κ2) is 6.74. The van der Waals surface area contributed by atoms with Crippen LogP contribution < -0.4 is 5.32 Å². The van der Waals surface area contributed by atoms with E-state index in [0.717, 1.165) is 25.1 Å². The fraction of sp³-hybridized carbons (Fsp3) is 0.714. The van der Waals surface area contributed by atoms with E-state index in [1.807, 2.05) is 6.92 Å². The summed E-state index contributed by atoms with van der Waals surface area (Å²) in [5, 5.41) is 3.18. The zero-order valence-electron chi connectivity index (χ0n) is 12.4. The second-order valence-corrected chi connectivity index (χ2v) is 7.62. The molecule has 1 aromatic heterocycles. The number of rotatable bonds is 7. The third kappa shape index (κ3) is 3.62. The molecule has 1 saturated carbocycles. The number of hydrogen-bond donors (Lipinski definition) is 2. The van der Waals surface area contributed by atoms with Crippen molar-refractivity contribution >= 4 is 10.0 Å². The molecule has 0 radical (unpaired) electrons. The molecule has 0 atom stereocenters. The number of hydrogen-bond acceptors (Lipinski definition) is 3. The summed E-state index contributed by atoms with van der Waals surface area (Å²) in [4.78, 5) is 3.39. The van der Waals surface area contributed by atoms with Crippen LogP contribution in [0.3, 0.4) is 0 Å². The van der Waals surface area contributed by atoms with Crippen LogP contribution in [0.5, 0.6) is 0 Å². The molecule has 1 aliphatic rings. The van der Waals surface area contributed by atoms with Gasteiger partial charge >= 0.3 is 0 Å². The van der Waals surface area contributed by atoms with Crippen molar-refractivity contribution in [1.82, 2.24) is 14.6 Å². The second-order valence-electron chi connectivity index (χ2n) is 5.58. The summed E-state index contributed by atoms with van der Waals surface area (Å²) >= 11 is 0. The molecule has 0 spiro atoms. The smallest absolute Gasteiger partial charge is 0.244 e. The van der Waals surface area contributed by atoms with Crippen molar-refractivity contribution in [1.29, 1.82) is 0 Å². The minimum Gasteiger partial charge on any atom is -0.363 e. The minimum atomic E-state index is -3.36. The summed E-state index contributed by atoms with van der Waals surface area (Å²) in [6.45, 7) is 4.19. The summed E-state index contributed by atoms with van der Waals surface area (Å²) in [6.07, 6.45) is 6.36. The Labute approximate surface area is 121 Å². The van der Waals surface area contributed by atoms with Crippen LogP contribution in [0.1, 0.15) is 38.3 Å². The lowest BCUT2D eigenvalue weighted by Crippen LogP contribution is -2.31. The zero-order valence-corrected chi connectivity index (χ0v) is 13.2. The van der Waals surface area contributed by atoms with E-state index >= 15 is 0 Å². The van der Waals surface area contributed by atoms with Gasteiger partial charge in [-0.3, -0.25) is 0 Å². The number of nitrogens with one attached hydrogen (secondary N) is 2. The quantitative estimate of drug-likeness (QED) is 0.808. The summed E-state index contributed by atoms with van der Waals surface area (Å²) < 4.78 is 26.5. The summed E-state index contributed by atoms with van der Waals surface area (Å²) in [6, 6.07) is 1.73. The first-order chi connectivity index (χ1) is 9.54. The predicted molar refractivity (Wildman–Crippen MR) is 79.9 cm³/mol. The Morgan fingerprint density at radius 1 is 1.40 bits per heavy atom. The number of aromatic amines is 1. The van der Waals surface area contributed by atoms with Crippen molar-refractivity contribution in [2.45, 2.75) is 44.0 Å². The average molecular weight is 299 g/mol. The molecule has 0 unspecified atom stereocenters. The van der Waals surface area contributed by atoms with Crippen molar-refractivity contribution in [3.63, 3.8) is 0 Å². The number of aromatic nitrogens is 1. The minimum absolute atomic E-state index is 0.367. The molecule has 5 nitrogen and oxygen atoms in total. The average Bonchev–Trinajstić information content (AvgIpc) is 3.07. The predicted octanol–water partition coefficient (Wildman–Crippen LogP) is 1.93. The highest BCUT2D eigenvalue weighted by molar-refractivity contribution is 7.89. The monoisotopic (exact) mass is 299 g/mol. The van der Waals surface area contributed by atoms with Crippen molar-refractivity contribution in [3.05, 3.63) is 18.0 Å². The topological polar surface area (TPSA) is 65.2 Å². The van der Waals surface area contributed by atoms with Crippen molar-refractivity contribution in [2.75, 3.05) is 20.1 Å². The van der Waals surface area contributed by atoms with Crippen LogP contribution in [-0.2, 0) is 16.6 Å². The molecule has 0 amide bonds. The number of nitrogens with zero attached hydrogens (tertiary/aromatic N) is 1. The standard InChI is InChI=1S/C14H25N3O2S/c1-3-15-9-13-8-14(10-16-13)20(18,19)17(2)11-12-6-4-5-7-12/h8,10,12,15-16H,3-7,9,11H2,1-2H3. The van der Waals surface area contributed by atoms with Gasteiger partial charge in [-0.2, -0.15) is 0 Å². The summed E-state index contributed by atoms with van der Waals surface area (Å²) in [5.74, 6) is 0.523. The van der Waals surface area contributed by atoms with Crippen molar-refractivity contribution in [3.8, 4) is 0 Å². The van der Waals surface area contributed by atoms with Gasteiger partial charge in [0, 0.05) is 32.0 Å². The Morgan fingerprint density at radius 3 is 2.75 bits per heavy atom. The zero-order chi connectivity index (χ0) is 14.6. The van der Waals surface area contributed by atoms with E-state index in [4.69, 9.17) is 0 Å². The molecule has 0 aromatic carbocycles. The van der Waals surface area contributed by atoms with Gasteiger partial charge in [0.05, 0.1) is 4.90 Å². The van der Waals surface area contributed by atoms with Crippen LogP contribution in [0.25, 0.3) is 0 Å². The molecule has 0 aliphatic heterocycles. The van der Waals surface area contributed by atoms with Gasteiger partial charge in [-0.25, -0.2) is 12.7 Å². The molecule has 6 heteroatoms. The van der Waals surface area contributed by atoms with Gasteiger partial charge in [-0.15, -0.1) is 0 Å². The lowest BCUT2D eigenvalue weighted by Gasteiger charge is -2.19. The number of H-pyrrole nitrogens is 1. The van der Waals surface area contributed by atoms with Gasteiger partial charge in [-0.1, -0.05) is 19.8 Å². The van der Waals surface area contributed by atoms with Gasteiger partial charge in [0.25, 0.3) is 0 Å². The first-order valence-electron chi connectivity index (χ1n) is 7.38. The van der Waals surface area contributed by atoms with Crippen LogP contribution in [0.15, 0.2) is 17.2 Å². The Balaban J connectivity index is 2.02. The molecule has 0 bridgehead atoms. The summed E-state index contributed by atoms with van der Waals surface area (Å²) in [5.41, 5.74) is 0.902. The summed E-state index contributed by atoms with van der Waals surface area (Å²) in [7, 11) is -1.67. The largest absolute Gasteiger partial charge is 0.363 e. The van der Waals surface area contributed by atoms with Crippen molar-refractivity contribution in [2.24, 2.45) is 5.92 Å². The molecular formula is C14H25N3O2S. The van der Waals surface area contributed by atoms with Crippen LogP contribution >= 0.6 is 0 Å². The van der Waals surface area contributed by atoms with Crippen LogP contribution in [0.4, 0.5) is 0 Å². The highest BCUT2D eigenvalue weighted by Crippen LogP contribution is 2.27. The first kappa shape index (κ1) is 15.5. The van der Waals surface area contributed by atoms with Gasteiger partial charge in [0.15, 0.2) is 0 Å². The molecule has 20 heavy (non-hydrogen) atoms. The molecule has 1 aromatic rings. The Kier molecular flexibility index (Phi) is 5.23. The van der Waals surface area contributed by atoms with Crippen molar-refractivity contribution < 1.29 is 8.42 Å². The fourth-order valence-electron chi connectivity index (χ4n) is 2.76. The lowest BCUT2D eigenvalue weighted by atomic mass is 10.1. The molecule has 1 fully saturated rings. The Bertz CT molecular complexity index is 518. The van der Waals surface area contributed by atoms with Gasteiger partial charge in [-0.05, 0) is 31.4 Å². The molecule has 0 saturated heterocycles. The molecule has 2 rings (SSSR count). The fourth-order valence-corrected chi connectivity index (χ4v) is 4.03. The SMILES string of the molecule is CCNCc1cc(S(=O)(=O)N(C)CC2CCCC2)c[nH]1. The lowest BCUT2D eigenvalue weighted by molar-refractivity contribution is 0.387. The van der Waals surface area contributed by atoms with Crippen LogP contribution in [0.2, 0.25) is 0 Å². The molecule has 1 aliphatic carbocycles. The van der Waals surface area contributed by atoms with Gasteiger partial charge < -0.3 is 10.3 Å². The maximum atomic E-state index is 12.5. The highest BCUT2D eigenvalue weighted by Gasteiger charge is 2.26. The third-order valence-electron chi connectivity index (χ3n) is 3.98. The molecule has 2 N–H and O–H groups in total. The maximum Gasteiger partial charge on any atom is 0.244 e. The third-order valence-corrected chi connectivity index (χ3v) is 5.78. The van der Waals surface area contributed by atoms with Crippen LogP contribution in [0, 0.1) is 5.92 Å². The number of sulfonamides is 1. The molecule has 1 heterocycles. The van der Waals surface area contributed by atoms with Gasteiger partial charge in [0.2, 0.25) is 10.0 Å². The van der Waals surface area contributed by atoms with E-state index in [9.17, 15) is 8.42 Å².